The molecule has 0 aliphatic carbocycles. The van der Waals surface area contributed by atoms with E-state index in [1.807, 2.05) is 12.1 Å². The fourth-order valence-electron chi connectivity index (χ4n) is 11.7. The molecule has 0 amide bonds. The lowest BCUT2D eigenvalue weighted by Crippen LogP contribution is -2.38. The van der Waals surface area contributed by atoms with Gasteiger partial charge in [-0.2, -0.15) is 0 Å². The lowest BCUT2D eigenvalue weighted by atomic mass is 9.62. The first-order chi connectivity index (χ1) is 36.5. The van der Waals surface area contributed by atoms with Crippen molar-refractivity contribution in [2.24, 2.45) is 0 Å². The molecule has 74 heavy (non-hydrogen) atoms. The summed E-state index contributed by atoms with van der Waals surface area (Å²) in [4.78, 5) is 7.09. The molecule has 11 aromatic carbocycles. The summed E-state index contributed by atoms with van der Waals surface area (Å²) < 4.78 is 13.4. The summed E-state index contributed by atoms with van der Waals surface area (Å²) in [6.07, 6.45) is 0. The molecule has 0 unspecified atom stereocenters. The van der Waals surface area contributed by atoms with Crippen molar-refractivity contribution < 1.29 is 8.83 Å². The molecule has 5 nitrogen and oxygen atoms in total. The van der Waals surface area contributed by atoms with Crippen molar-refractivity contribution in [1.29, 1.82) is 0 Å². The summed E-state index contributed by atoms with van der Waals surface area (Å²) in [5.74, 6) is 0. The molecule has 0 atom stereocenters. The number of nitrogens with zero attached hydrogens (tertiary/aromatic N) is 3. The number of hydrogen-bond acceptors (Lipinski definition) is 5. The Balaban J connectivity index is 0.993. The molecule has 1 aliphatic heterocycles. The molecular weight excluding hydrogens is 903 g/mol. The number of furan rings is 2. The van der Waals surface area contributed by atoms with Gasteiger partial charge < -0.3 is 23.5 Å². The molecule has 13 aromatic rings. The highest BCUT2D eigenvalue weighted by Crippen LogP contribution is 2.59. The van der Waals surface area contributed by atoms with Crippen molar-refractivity contribution in [2.45, 2.75) is 19.3 Å². The average molecular weight is 952 g/mol. The average Bonchev–Trinajstić information content (AvgIpc) is 4.05. The van der Waals surface area contributed by atoms with Crippen molar-refractivity contribution in [3.8, 4) is 0 Å². The van der Waals surface area contributed by atoms with Crippen LogP contribution in [0.15, 0.2) is 270 Å². The molecule has 0 fully saturated rings. The second kappa shape index (κ2) is 17.3. The number of para-hydroxylation sites is 7. The van der Waals surface area contributed by atoms with E-state index in [0.29, 0.717) is 0 Å². The Bertz CT molecular complexity index is 4010. The Morgan fingerprint density at radius 3 is 1.31 bits per heavy atom. The van der Waals surface area contributed by atoms with Crippen molar-refractivity contribution in [1.82, 2.24) is 0 Å². The summed E-state index contributed by atoms with van der Waals surface area (Å²) in [6.45, 7) is 4.36. The van der Waals surface area contributed by atoms with E-state index in [1.165, 1.54) is 22.3 Å². The summed E-state index contributed by atoms with van der Waals surface area (Å²) in [5.41, 5.74) is 19.2. The molecule has 3 heterocycles. The first-order valence-electron chi connectivity index (χ1n) is 25.3. The van der Waals surface area contributed by atoms with Gasteiger partial charge in [0.05, 0.1) is 28.2 Å². The fourth-order valence-corrected chi connectivity index (χ4v) is 11.7. The lowest BCUT2D eigenvalue weighted by Gasteiger charge is -2.47. The predicted octanol–water partition coefficient (Wildman–Crippen LogP) is 19.2. The minimum Gasteiger partial charge on any atom is -0.454 e. The number of hydrogen-bond donors (Lipinski definition) is 0. The quantitative estimate of drug-likeness (QED) is 0.144. The van der Waals surface area contributed by atoms with Crippen molar-refractivity contribution in [3.05, 3.63) is 294 Å². The van der Waals surface area contributed by atoms with Gasteiger partial charge in [0.15, 0.2) is 11.2 Å². The van der Waals surface area contributed by atoms with Crippen LogP contribution in [-0.4, -0.2) is 0 Å². The van der Waals surface area contributed by atoms with Crippen LogP contribution in [0.5, 0.6) is 0 Å². The van der Waals surface area contributed by atoms with E-state index < -0.39 is 5.41 Å². The monoisotopic (exact) mass is 951 g/mol. The van der Waals surface area contributed by atoms with Crippen LogP contribution < -0.4 is 14.7 Å². The van der Waals surface area contributed by atoms with Crippen LogP contribution in [0.3, 0.4) is 0 Å². The largest absolute Gasteiger partial charge is 0.454 e. The van der Waals surface area contributed by atoms with Crippen molar-refractivity contribution >= 4 is 95.1 Å². The second-order valence-electron chi connectivity index (χ2n) is 19.4. The van der Waals surface area contributed by atoms with Gasteiger partial charge in [0.2, 0.25) is 0 Å². The minimum atomic E-state index is -0.761. The van der Waals surface area contributed by atoms with Gasteiger partial charge in [-0.1, -0.05) is 175 Å². The zero-order valence-corrected chi connectivity index (χ0v) is 41.0. The summed E-state index contributed by atoms with van der Waals surface area (Å²) in [5, 5.41) is 4.37. The van der Waals surface area contributed by atoms with Crippen LogP contribution in [0, 0.1) is 13.8 Å². The highest BCUT2D eigenvalue weighted by molar-refractivity contribution is 6.11. The first kappa shape index (κ1) is 43.2. The zero-order valence-electron chi connectivity index (χ0n) is 41.0. The zero-order chi connectivity index (χ0) is 49.3. The van der Waals surface area contributed by atoms with E-state index in [-0.39, 0.29) is 0 Å². The third-order valence-corrected chi connectivity index (χ3v) is 15.0. The Hall–Kier alpha value is -9.58. The van der Waals surface area contributed by atoms with Gasteiger partial charge in [0, 0.05) is 50.0 Å². The van der Waals surface area contributed by atoms with Crippen LogP contribution in [0.1, 0.15) is 33.4 Å². The molecule has 1 aliphatic rings. The summed E-state index contributed by atoms with van der Waals surface area (Å²) >= 11 is 0. The number of rotatable bonds is 9. The third-order valence-electron chi connectivity index (χ3n) is 15.0. The van der Waals surface area contributed by atoms with E-state index >= 15 is 0 Å². The molecule has 352 valence electrons. The number of benzene rings is 11. The van der Waals surface area contributed by atoms with E-state index in [4.69, 9.17) is 8.83 Å². The summed E-state index contributed by atoms with van der Waals surface area (Å²) in [7, 11) is 0. The molecule has 0 radical (unpaired) electrons. The first-order valence-corrected chi connectivity index (χ1v) is 25.3. The molecule has 2 aromatic heterocycles. The molecule has 0 saturated heterocycles. The molecule has 0 bridgehead atoms. The van der Waals surface area contributed by atoms with E-state index in [0.717, 1.165) is 106 Å². The molecule has 0 spiro atoms. The van der Waals surface area contributed by atoms with E-state index in [2.05, 4.69) is 277 Å². The van der Waals surface area contributed by atoms with Crippen LogP contribution >= 0.6 is 0 Å². The normalized spacial score (nSPS) is 12.8. The van der Waals surface area contributed by atoms with Crippen molar-refractivity contribution in [3.63, 3.8) is 0 Å². The highest BCUT2D eigenvalue weighted by Gasteiger charge is 2.47. The van der Waals surface area contributed by atoms with Gasteiger partial charge in [-0.05, 0) is 133 Å². The third kappa shape index (κ3) is 6.78. The van der Waals surface area contributed by atoms with E-state index in [1.54, 1.807) is 0 Å². The van der Waals surface area contributed by atoms with Crippen LogP contribution in [0.25, 0.3) is 43.9 Å². The Kier molecular flexibility index (Phi) is 10.1. The molecule has 5 heteroatoms. The van der Waals surface area contributed by atoms with Gasteiger partial charge >= 0.3 is 0 Å². The molecule has 0 N–H and O–H groups in total. The number of fused-ring (bicyclic) bond motifs is 8. The molecular formula is C69H49N3O2. The molecule has 14 rings (SSSR count). The highest BCUT2D eigenvalue weighted by atomic mass is 16.3. The topological polar surface area (TPSA) is 36.0 Å². The van der Waals surface area contributed by atoms with Crippen LogP contribution in [0.2, 0.25) is 0 Å². The maximum atomic E-state index is 6.71. The lowest BCUT2D eigenvalue weighted by molar-refractivity contribution is 0.668. The second-order valence-corrected chi connectivity index (χ2v) is 19.4. The fraction of sp³-hybridized carbons (Fsp3) is 0.0435. The van der Waals surface area contributed by atoms with Crippen LogP contribution in [0.4, 0.5) is 51.2 Å². The summed E-state index contributed by atoms with van der Waals surface area (Å²) in [6, 6.07) is 94.1. The number of aryl methyl sites for hydroxylation is 2. The van der Waals surface area contributed by atoms with Gasteiger partial charge in [0.1, 0.15) is 11.2 Å². The number of anilines is 9. The standard InChI is InChI=1S/C69H49N3O2/c1-46-31-38-54(39-32-46)72-61-26-12-11-25-59(61)69(60-45-47(2)33-44-62(60)72,48-34-40-52(41-35-48)70(50-17-5-3-6-18-50)63-27-15-23-57-55-21-9-13-29-65(55)73-67(57)63)49-36-42-53(43-37-49)71(51-19-7-4-8-20-51)64-28-16-24-58-56-22-10-14-30-66(56)74-68(58)64/h3-45H,1-2H3. The van der Waals surface area contributed by atoms with Gasteiger partial charge in [-0.25, -0.2) is 0 Å². The minimum absolute atomic E-state index is 0.761. The molecule has 0 saturated carbocycles. The van der Waals surface area contributed by atoms with Crippen molar-refractivity contribution in [2.75, 3.05) is 14.7 Å². The Labute approximate surface area is 430 Å². The maximum Gasteiger partial charge on any atom is 0.159 e. The van der Waals surface area contributed by atoms with Crippen LogP contribution in [-0.2, 0) is 5.41 Å². The Morgan fingerprint density at radius 1 is 0.338 bits per heavy atom. The van der Waals surface area contributed by atoms with Gasteiger partial charge in [-0.15, -0.1) is 0 Å². The predicted molar refractivity (Wildman–Crippen MR) is 306 cm³/mol. The SMILES string of the molecule is Cc1ccc(N2c3ccccc3C(c3ccc(N(c4ccccc4)c4cccc5c4oc4ccccc45)cc3)(c3ccc(N(c4ccccc4)c4cccc5c4oc4ccccc45)cc3)c3cc(C)ccc32)cc1. The van der Waals surface area contributed by atoms with Gasteiger partial charge in [0.25, 0.3) is 0 Å². The maximum absolute atomic E-state index is 6.71. The van der Waals surface area contributed by atoms with Gasteiger partial charge in [-0.3, -0.25) is 0 Å². The Morgan fingerprint density at radius 2 is 0.770 bits per heavy atom. The smallest absolute Gasteiger partial charge is 0.159 e. The van der Waals surface area contributed by atoms with E-state index in [9.17, 15) is 0 Å².